The maximum Gasteiger partial charge on any atom is 0.146 e. The van der Waals surface area contributed by atoms with Crippen LogP contribution in [-0.2, 0) is 0 Å². The summed E-state index contributed by atoms with van der Waals surface area (Å²) >= 11 is 0. The van der Waals surface area contributed by atoms with E-state index in [4.69, 9.17) is 0 Å². The summed E-state index contributed by atoms with van der Waals surface area (Å²) in [6, 6.07) is 7.16. The van der Waals surface area contributed by atoms with Crippen molar-refractivity contribution < 1.29 is 4.39 Å². The van der Waals surface area contributed by atoms with Crippen LogP contribution >= 0.6 is 0 Å². The molecule has 0 unspecified atom stereocenters. The lowest BCUT2D eigenvalue weighted by Gasteiger charge is -2.48. The van der Waals surface area contributed by atoms with Crippen LogP contribution in [0.4, 0.5) is 10.1 Å². The Bertz CT molecular complexity index is 495. The van der Waals surface area contributed by atoms with Crippen LogP contribution in [0.15, 0.2) is 24.3 Å². The van der Waals surface area contributed by atoms with E-state index < -0.39 is 0 Å². The number of hydrogen-bond acceptors (Lipinski definition) is 2. The molecule has 0 spiro atoms. The monoisotopic (exact) mass is 334 g/mol. The van der Waals surface area contributed by atoms with E-state index in [2.05, 4.69) is 30.6 Å². The van der Waals surface area contributed by atoms with Crippen molar-refractivity contribution in [2.45, 2.75) is 47.5 Å². The van der Waals surface area contributed by atoms with Crippen LogP contribution in [0.5, 0.6) is 0 Å². The molecule has 2 fully saturated rings. The molecule has 1 aromatic carbocycles. The standard InChI is InChI=1S/C19H29FN2.C2H6/c1-19(2,3)16-13-21(14-16)12-15-8-10-22(11-9-15)18-7-5-4-6-17(18)20;1-2/h4-7,15-16H,8-14H2,1-3H3;1-2H3. The third-order valence-electron chi connectivity index (χ3n) is 5.51. The average Bonchev–Trinajstić information content (AvgIpc) is 2.52. The fourth-order valence-corrected chi connectivity index (χ4v) is 3.70. The summed E-state index contributed by atoms with van der Waals surface area (Å²) in [6.45, 7) is 16.8. The fourth-order valence-electron chi connectivity index (χ4n) is 3.70. The van der Waals surface area contributed by atoms with Crippen molar-refractivity contribution in [1.29, 1.82) is 0 Å². The number of hydrogen-bond donors (Lipinski definition) is 0. The molecule has 3 heteroatoms. The number of rotatable bonds is 3. The van der Waals surface area contributed by atoms with Gasteiger partial charge < -0.3 is 9.80 Å². The van der Waals surface area contributed by atoms with Gasteiger partial charge in [-0.2, -0.15) is 0 Å². The molecule has 1 aromatic rings. The number of benzene rings is 1. The third-order valence-corrected chi connectivity index (χ3v) is 5.51. The van der Waals surface area contributed by atoms with Crippen LogP contribution < -0.4 is 4.90 Å². The lowest BCUT2D eigenvalue weighted by Crippen LogP contribution is -2.54. The first-order valence-corrected chi connectivity index (χ1v) is 9.65. The van der Waals surface area contributed by atoms with Gasteiger partial charge in [-0.15, -0.1) is 0 Å². The number of likely N-dealkylation sites (tertiary alicyclic amines) is 1. The zero-order valence-electron chi connectivity index (χ0n) is 16.2. The Morgan fingerprint density at radius 2 is 1.62 bits per heavy atom. The van der Waals surface area contributed by atoms with E-state index in [1.807, 2.05) is 26.0 Å². The maximum atomic E-state index is 13.8. The summed E-state index contributed by atoms with van der Waals surface area (Å²) in [5.74, 6) is 1.55. The van der Waals surface area contributed by atoms with E-state index in [0.717, 1.165) is 30.6 Å². The van der Waals surface area contributed by atoms with Gasteiger partial charge in [-0.25, -0.2) is 4.39 Å². The molecule has 24 heavy (non-hydrogen) atoms. The van der Waals surface area contributed by atoms with Gasteiger partial charge in [-0.1, -0.05) is 46.8 Å². The highest BCUT2D eigenvalue weighted by Gasteiger charge is 2.36. The van der Waals surface area contributed by atoms with Gasteiger partial charge in [0.05, 0.1) is 5.69 Å². The fraction of sp³-hybridized carbons (Fsp3) is 0.714. The summed E-state index contributed by atoms with van der Waals surface area (Å²) in [6.07, 6.45) is 2.37. The first-order chi connectivity index (χ1) is 11.4. The number of halogens is 1. The zero-order valence-corrected chi connectivity index (χ0v) is 16.2. The summed E-state index contributed by atoms with van der Waals surface area (Å²) in [5.41, 5.74) is 1.22. The van der Waals surface area contributed by atoms with Crippen molar-refractivity contribution in [3.8, 4) is 0 Å². The SMILES string of the molecule is CC.CC(C)(C)C1CN(CC2CCN(c3ccccc3F)CC2)C1. The van der Waals surface area contributed by atoms with Crippen LogP contribution in [0.1, 0.15) is 47.5 Å². The molecule has 0 N–H and O–H groups in total. The van der Waals surface area contributed by atoms with Crippen molar-refractivity contribution in [1.82, 2.24) is 4.90 Å². The molecule has 0 atom stereocenters. The predicted octanol–water partition coefficient (Wildman–Crippen LogP) is 5.05. The van der Waals surface area contributed by atoms with Gasteiger partial charge in [0.2, 0.25) is 0 Å². The van der Waals surface area contributed by atoms with E-state index in [1.165, 1.54) is 32.5 Å². The molecular weight excluding hydrogens is 299 g/mol. The molecule has 0 aromatic heterocycles. The Balaban J connectivity index is 0.00000100. The summed E-state index contributed by atoms with van der Waals surface area (Å²) in [7, 11) is 0. The van der Waals surface area contributed by atoms with E-state index in [9.17, 15) is 4.39 Å². The molecule has 2 aliphatic heterocycles. The molecule has 2 aliphatic rings. The normalized spacial score (nSPS) is 20.3. The van der Waals surface area contributed by atoms with Crippen molar-refractivity contribution in [2.75, 3.05) is 37.6 Å². The molecule has 0 aliphatic carbocycles. The highest BCUT2D eigenvalue weighted by Crippen LogP contribution is 2.35. The molecule has 0 bridgehead atoms. The minimum absolute atomic E-state index is 0.0864. The first kappa shape index (κ1) is 19.2. The van der Waals surface area contributed by atoms with Gasteiger partial charge in [0.25, 0.3) is 0 Å². The van der Waals surface area contributed by atoms with E-state index in [0.29, 0.717) is 5.41 Å². The van der Waals surface area contributed by atoms with Crippen molar-refractivity contribution >= 4 is 5.69 Å². The Morgan fingerprint density at radius 1 is 1.04 bits per heavy atom. The highest BCUT2D eigenvalue weighted by molar-refractivity contribution is 5.47. The smallest absolute Gasteiger partial charge is 0.146 e. The van der Waals surface area contributed by atoms with Crippen molar-refractivity contribution in [2.24, 2.45) is 17.3 Å². The largest absolute Gasteiger partial charge is 0.369 e. The minimum Gasteiger partial charge on any atom is -0.369 e. The van der Waals surface area contributed by atoms with Crippen LogP contribution in [0.3, 0.4) is 0 Å². The number of para-hydroxylation sites is 1. The van der Waals surface area contributed by atoms with E-state index >= 15 is 0 Å². The van der Waals surface area contributed by atoms with Crippen LogP contribution in [0, 0.1) is 23.1 Å². The van der Waals surface area contributed by atoms with Gasteiger partial charge >= 0.3 is 0 Å². The van der Waals surface area contributed by atoms with Crippen molar-refractivity contribution in [3.63, 3.8) is 0 Å². The Kier molecular flexibility index (Phi) is 6.68. The van der Waals surface area contributed by atoms with Crippen LogP contribution in [0.25, 0.3) is 0 Å². The van der Waals surface area contributed by atoms with Gasteiger partial charge in [0.1, 0.15) is 5.82 Å². The second-order valence-electron chi connectivity index (χ2n) is 8.16. The molecule has 0 radical (unpaired) electrons. The number of piperidine rings is 1. The molecule has 2 heterocycles. The number of anilines is 1. The minimum atomic E-state index is -0.0864. The molecule has 0 saturated carbocycles. The second-order valence-corrected chi connectivity index (χ2v) is 8.16. The molecule has 136 valence electrons. The molecule has 3 rings (SSSR count). The van der Waals surface area contributed by atoms with Gasteiger partial charge in [0.15, 0.2) is 0 Å². The van der Waals surface area contributed by atoms with Crippen LogP contribution in [-0.4, -0.2) is 37.6 Å². The zero-order chi connectivity index (χ0) is 17.7. The Hall–Kier alpha value is -1.09. The lowest BCUT2D eigenvalue weighted by atomic mass is 9.75. The van der Waals surface area contributed by atoms with Crippen molar-refractivity contribution in [3.05, 3.63) is 30.1 Å². The maximum absolute atomic E-state index is 13.8. The average molecular weight is 335 g/mol. The predicted molar refractivity (Wildman–Crippen MR) is 102 cm³/mol. The lowest BCUT2D eigenvalue weighted by molar-refractivity contribution is 0.0115. The molecular formula is C21H35FN2. The van der Waals surface area contributed by atoms with Crippen LogP contribution in [0.2, 0.25) is 0 Å². The quantitative estimate of drug-likeness (QED) is 0.763. The topological polar surface area (TPSA) is 6.48 Å². The number of nitrogens with zero attached hydrogens (tertiary/aromatic N) is 2. The Labute approximate surface area is 148 Å². The Morgan fingerprint density at radius 3 is 2.17 bits per heavy atom. The molecule has 2 nitrogen and oxygen atoms in total. The van der Waals surface area contributed by atoms with Gasteiger partial charge in [-0.3, -0.25) is 0 Å². The van der Waals surface area contributed by atoms with E-state index in [1.54, 1.807) is 12.1 Å². The second kappa shape index (κ2) is 8.33. The third kappa shape index (κ3) is 4.72. The van der Waals surface area contributed by atoms with E-state index in [-0.39, 0.29) is 5.82 Å². The summed E-state index contributed by atoms with van der Waals surface area (Å²) in [4.78, 5) is 4.82. The van der Waals surface area contributed by atoms with Gasteiger partial charge in [-0.05, 0) is 42.2 Å². The van der Waals surface area contributed by atoms with Gasteiger partial charge in [0, 0.05) is 32.7 Å². The summed E-state index contributed by atoms with van der Waals surface area (Å²) in [5, 5.41) is 0. The summed E-state index contributed by atoms with van der Waals surface area (Å²) < 4.78 is 13.8. The molecule has 0 amide bonds. The molecule has 2 saturated heterocycles. The first-order valence-electron chi connectivity index (χ1n) is 9.65. The highest BCUT2D eigenvalue weighted by atomic mass is 19.1.